The Balaban J connectivity index is 1.77. The van der Waals surface area contributed by atoms with Gasteiger partial charge in [-0.05, 0) is 36.4 Å². The third-order valence-corrected chi connectivity index (χ3v) is 4.79. The number of fused-ring (bicyclic) bond motifs is 2. The van der Waals surface area contributed by atoms with Crippen molar-refractivity contribution < 1.29 is 0 Å². The van der Waals surface area contributed by atoms with Crippen LogP contribution in [0.15, 0.2) is 83.9 Å². The zero-order valence-corrected chi connectivity index (χ0v) is 15.2. The molecule has 0 aliphatic heterocycles. The van der Waals surface area contributed by atoms with Crippen molar-refractivity contribution in [2.45, 2.75) is 0 Å². The molecule has 0 spiro atoms. The standard InChI is InChI=1S/C22H17N5O/c1-26-14-23-20-18(12-7-13-19(20)26)25-22-24-17-11-6-5-10-16(17)21(28)27(22)15-8-3-2-4-9-15/h2-14H,1H3,(H,24,25). The molecule has 6 nitrogen and oxygen atoms in total. The van der Waals surface area contributed by atoms with Gasteiger partial charge < -0.3 is 9.88 Å². The van der Waals surface area contributed by atoms with Crippen LogP contribution < -0.4 is 10.9 Å². The Morgan fingerprint density at radius 2 is 1.68 bits per heavy atom. The van der Waals surface area contributed by atoms with Crippen LogP contribution in [0.3, 0.4) is 0 Å². The maximum Gasteiger partial charge on any atom is 0.267 e. The van der Waals surface area contributed by atoms with Crippen LogP contribution in [0.25, 0.3) is 27.6 Å². The molecule has 2 heterocycles. The number of rotatable bonds is 3. The van der Waals surface area contributed by atoms with Gasteiger partial charge in [-0.1, -0.05) is 36.4 Å². The van der Waals surface area contributed by atoms with E-state index in [0.717, 1.165) is 22.4 Å². The molecular weight excluding hydrogens is 350 g/mol. The average Bonchev–Trinajstić information content (AvgIpc) is 3.11. The van der Waals surface area contributed by atoms with Crippen molar-refractivity contribution in [1.82, 2.24) is 19.1 Å². The highest BCUT2D eigenvalue weighted by Gasteiger charge is 2.14. The van der Waals surface area contributed by atoms with E-state index in [4.69, 9.17) is 4.98 Å². The van der Waals surface area contributed by atoms with Gasteiger partial charge in [-0.2, -0.15) is 0 Å². The molecular formula is C22H17N5O. The van der Waals surface area contributed by atoms with E-state index in [1.807, 2.05) is 78.3 Å². The molecule has 0 saturated heterocycles. The van der Waals surface area contributed by atoms with Crippen LogP contribution in [0.1, 0.15) is 0 Å². The first-order chi connectivity index (χ1) is 13.7. The summed E-state index contributed by atoms with van der Waals surface area (Å²) in [5, 5.41) is 3.91. The first-order valence-electron chi connectivity index (χ1n) is 8.97. The number of benzene rings is 3. The predicted octanol–water partition coefficient (Wildman–Crippen LogP) is 4.02. The minimum absolute atomic E-state index is 0.118. The first kappa shape index (κ1) is 16.3. The van der Waals surface area contributed by atoms with E-state index in [2.05, 4.69) is 10.3 Å². The number of aromatic nitrogens is 4. The molecule has 0 radical (unpaired) electrons. The van der Waals surface area contributed by atoms with Crippen molar-refractivity contribution in [2.24, 2.45) is 7.05 Å². The van der Waals surface area contributed by atoms with Crippen LogP contribution in [0, 0.1) is 0 Å². The summed E-state index contributed by atoms with van der Waals surface area (Å²) < 4.78 is 3.56. The Labute approximate surface area is 160 Å². The Bertz CT molecular complexity index is 1370. The summed E-state index contributed by atoms with van der Waals surface area (Å²) in [6, 6.07) is 22.8. The molecule has 136 valence electrons. The van der Waals surface area contributed by atoms with Gasteiger partial charge >= 0.3 is 0 Å². The fourth-order valence-electron chi connectivity index (χ4n) is 3.41. The van der Waals surface area contributed by atoms with Crippen LogP contribution in [0.5, 0.6) is 0 Å². The molecule has 28 heavy (non-hydrogen) atoms. The van der Waals surface area contributed by atoms with Crippen molar-refractivity contribution in [2.75, 3.05) is 5.32 Å². The summed E-state index contributed by atoms with van der Waals surface area (Å²) in [5.41, 5.74) is 3.90. The van der Waals surface area contributed by atoms with Crippen LogP contribution in [0.4, 0.5) is 11.6 Å². The Morgan fingerprint density at radius 3 is 2.54 bits per heavy atom. The summed E-state index contributed by atoms with van der Waals surface area (Å²) in [4.78, 5) is 22.5. The van der Waals surface area contributed by atoms with E-state index in [0.29, 0.717) is 16.9 Å². The number of nitrogens with zero attached hydrogens (tertiary/aromatic N) is 4. The summed E-state index contributed by atoms with van der Waals surface area (Å²) in [6.45, 7) is 0. The quantitative estimate of drug-likeness (QED) is 0.523. The Morgan fingerprint density at radius 1 is 0.893 bits per heavy atom. The monoisotopic (exact) mass is 367 g/mol. The molecule has 0 fully saturated rings. The van der Waals surface area contributed by atoms with E-state index in [-0.39, 0.29) is 5.56 Å². The van der Waals surface area contributed by atoms with Crippen molar-refractivity contribution in [3.63, 3.8) is 0 Å². The fraction of sp³-hybridized carbons (Fsp3) is 0.0455. The summed E-state index contributed by atoms with van der Waals surface area (Å²) >= 11 is 0. The molecule has 0 aliphatic rings. The van der Waals surface area contributed by atoms with Crippen LogP contribution in [-0.4, -0.2) is 19.1 Å². The number of para-hydroxylation sites is 3. The normalized spacial score (nSPS) is 11.2. The minimum Gasteiger partial charge on any atom is -0.334 e. The van der Waals surface area contributed by atoms with Gasteiger partial charge in [-0.25, -0.2) is 14.5 Å². The number of anilines is 2. The zero-order chi connectivity index (χ0) is 19.1. The van der Waals surface area contributed by atoms with Crippen molar-refractivity contribution >= 4 is 33.6 Å². The smallest absolute Gasteiger partial charge is 0.267 e. The summed E-state index contributed by atoms with van der Waals surface area (Å²) in [6.07, 6.45) is 1.77. The molecule has 2 aromatic heterocycles. The van der Waals surface area contributed by atoms with E-state index in [1.165, 1.54) is 0 Å². The lowest BCUT2D eigenvalue weighted by Crippen LogP contribution is -2.22. The third-order valence-electron chi connectivity index (χ3n) is 4.79. The van der Waals surface area contributed by atoms with E-state index < -0.39 is 0 Å². The SMILES string of the molecule is Cn1cnc2c(Nc3nc4ccccc4c(=O)n3-c3ccccc3)cccc21. The largest absolute Gasteiger partial charge is 0.334 e. The van der Waals surface area contributed by atoms with Crippen molar-refractivity contribution in [3.8, 4) is 5.69 Å². The summed E-state index contributed by atoms with van der Waals surface area (Å²) in [7, 11) is 1.95. The number of imidazole rings is 1. The lowest BCUT2D eigenvalue weighted by Gasteiger charge is -2.15. The van der Waals surface area contributed by atoms with Crippen LogP contribution in [-0.2, 0) is 7.05 Å². The molecule has 5 aromatic rings. The highest BCUT2D eigenvalue weighted by Crippen LogP contribution is 2.25. The van der Waals surface area contributed by atoms with Gasteiger partial charge in [-0.15, -0.1) is 0 Å². The van der Waals surface area contributed by atoms with E-state index in [9.17, 15) is 4.79 Å². The molecule has 0 saturated carbocycles. The first-order valence-corrected chi connectivity index (χ1v) is 8.97. The van der Waals surface area contributed by atoms with Gasteiger partial charge in [0, 0.05) is 7.05 Å². The fourth-order valence-corrected chi connectivity index (χ4v) is 3.41. The molecule has 0 bridgehead atoms. The molecule has 6 heteroatoms. The van der Waals surface area contributed by atoms with Gasteiger partial charge in [0.25, 0.3) is 5.56 Å². The second kappa shape index (κ2) is 6.35. The molecule has 3 aromatic carbocycles. The lowest BCUT2D eigenvalue weighted by molar-refractivity contribution is 0.948. The van der Waals surface area contributed by atoms with Crippen molar-refractivity contribution in [1.29, 1.82) is 0 Å². The van der Waals surface area contributed by atoms with Gasteiger partial charge in [0.1, 0.15) is 5.52 Å². The summed E-state index contributed by atoms with van der Waals surface area (Å²) in [5.74, 6) is 0.452. The van der Waals surface area contributed by atoms with E-state index in [1.54, 1.807) is 17.0 Å². The number of hydrogen-bond donors (Lipinski definition) is 1. The Kier molecular flexibility index (Phi) is 3.69. The topological polar surface area (TPSA) is 64.7 Å². The number of aryl methyl sites for hydroxylation is 1. The average molecular weight is 367 g/mol. The number of nitrogens with one attached hydrogen (secondary N) is 1. The molecule has 0 atom stereocenters. The predicted molar refractivity (Wildman–Crippen MR) is 111 cm³/mol. The number of hydrogen-bond acceptors (Lipinski definition) is 4. The minimum atomic E-state index is -0.118. The van der Waals surface area contributed by atoms with Gasteiger partial charge in [0.05, 0.1) is 34.1 Å². The van der Waals surface area contributed by atoms with E-state index >= 15 is 0 Å². The van der Waals surface area contributed by atoms with Gasteiger partial charge in [-0.3, -0.25) is 4.79 Å². The molecule has 0 aliphatic carbocycles. The second-order valence-corrected chi connectivity index (χ2v) is 6.58. The molecule has 5 rings (SSSR count). The second-order valence-electron chi connectivity index (χ2n) is 6.58. The lowest BCUT2D eigenvalue weighted by atomic mass is 10.2. The maximum absolute atomic E-state index is 13.3. The Hall–Kier alpha value is -3.93. The van der Waals surface area contributed by atoms with Gasteiger partial charge in [0.2, 0.25) is 5.95 Å². The zero-order valence-electron chi connectivity index (χ0n) is 15.2. The molecule has 1 N–H and O–H groups in total. The molecule has 0 amide bonds. The van der Waals surface area contributed by atoms with Crippen molar-refractivity contribution in [3.05, 3.63) is 89.5 Å². The van der Waals surface area contributed by atoms with Crippen LogP contribution >= 0.6 is 0 Å². The third kappa shape index (κ3) is 2.54. The highest BCUT2D eigenvalue weighted by molar-refractivity contribution is 5.90. The highest BCUT2D eigenvalue weighted by atomic mass is 16.1. The maximum atomic E-state index is 13.3. The molecule has 0 unspecified atom stereocenters. The van der Waals surface area contributed by atoms with Gasteiger partial charge in [0.15, 0.2) is 0 Å². The van der Waals surface area contributed by atoms with Crippen LogP contribution in [0.2, 0.25) is 0 Å².